The lowest BCUT2D eigenvalue weighted by molar-refractivity contribution is 0.0739. The maximum atomic E-state index is 12.7. The molecular formula is C16H23N5O. The number of rotatable bonds is 6. The SMILES string of the molecule is CN(CC(C)(C)CN)C(=O)c1ccccc1Cn1cncn1. The van der Waals surface area contributed by atoms with Gasteiger partial charge in [-0.25, -0.2) is 9.67 Å². The number of carbonyl (C=O) groups is 1. The van der Waals surface area contributed by atoms with Gasteiger partial charge in [0.15, 0.2) is 0 Å². The molecule has 1 amide bonds. The van der Waals surface area contributed by atoms with Gasteiger partial charge in [0.1, 0.15) is 12.7 Å². The number of nitrogens with two attached hydrogens (primary N) is 1. The van der Waals surface area contributed by atoms with Gasteiger partial charge in [-0.15, -0.1) is 0 Å². The van der Waals surface area contributed by atoms with Gasteiger partial charge in [0.25, 0.3) is 5.91 Å². The maximum absolute atomic E-state index is 12.7. The highest BCUT2D eigenvalue weighted by molar-refractivity contribution is 5.95. The average molecular weight is 301 g/mol. The van der Waals surface area contributed by atoms with Crippen molar-refractivity contribution in [3.05, 3.63) is 48.0 Å². The molecule has 1 heterocycles. The van der Waals surface area contributed by atoms with Crippen molar-refractivity contribution >= 4 is 5.91 Å². The quantitative estimate of drug-likeness (QED) is 0.874. The normalized spacial score (nSPS) is 11.5. The number of amides is 1. The number of carbonyl (C=O) groups excluding carboxylic acids is 1. The van der Waals surface area contributed by atoms with E-state index >= 15 is 0 Å². The first-order valence-electron chi connectivity index (χ1n) is 7.29. The number of benzene rings is 1. The summed E-state index contributed by atoms with van der Waals surface area (Å²) in [7, 11) is 1.81. The molecule has 2 aromatic rings. The second-order valence-electron chi connectivity index (χ2n) is 6.28. The highest BCUT2D eigenvalue weighted by Gasteiger charge is 2.23. The summed E-state index contributed by atoms with van der Waals surface area (Å²) in [5.41, 5.74) is 7.27. The molecule has 118 valence electrons. The van der Waals surface area contributed by atoms with Crippen LogP contribution >= 0.6 is 0 Å². The molecule has 0 saturated heterocycles. The van der Waals surface area contributed by atoms with Crippen LogP contribution in [0.2, 0.25) is 0 Å². The van der Waals surface area contributed by atoms with Crippen molar-refractivity contribution in [2.45, 2.75) is 20.4 Å². The predicted molar refractivity (Wildman–Crippen MR) is 85.4 cm³/mol. The summed E-state index contributed by atoms with van der Waals surface area (Å²) in [6, 6.07) is 7.59. The van der Waals surface area contributed by atoms with Crippen LogP contribution in [-0.4, -0.2) is 45.7 Å². The van der Waals surface area contributed by atoms with Crippen molar-refractivity contribution in [2.24, 2.45) is 11.1 Å². The van der Waals surface area contributed by atoms with Crippen LogP contribution in [0.25, 0.3) is 0 Å². The Balaban J connectivity index is 2.19. The second-order valence-corrected chi connectivity index (χ2v) is 6.28. The van der Waals surface area contributed by atoms with Crippen LogP contribution in [0.4, 0.5) is 0 Å². The second kappa shape index (κ2) is 6.70. The Morgan fingerprint density at radius 1 is 1.36 bits per heavy atom. The summed E-state index contributed by atoms with van der Waals surface area (Å²) in [6.45, 7) is 5.78. The van der Waals surface area contributed by atoms with E-state index in [2.05, 4.69) is 23.9 Å². The lowest BCUT2D eigenvalue weighted by Gasteiger charge is -2.29. The Kier molecular flexibility index (Phi) is 4.92. The first-order valence-corrected chi connectivity index (χ1v) is 7.29. The first-order chi connectivity index (χ1) is 10.4. The van der Waals surface area contributed by atoms with Crippen LogP contribution in [0.5, 0.6) is 0 Å². The lowest BCUT2D eigenvalue weighted by Crippen LogP contribution is -2.40. The van der Waals surface area contributed by atoms with E-state index < -0.39 is 0 Å². The highest BCUT2D eigenvalue weighted by Crippen LogP contribution is 2.18. The molecule has 0 fully saturated rings. The van der Waals surface area contributed by atoms with E-state index in [1.807, 2.05) is 31.3 Å². The van der Waals surface area contributed by atoms with Crippen molar-refractivity contribution in [2.75, 3.05) is 20.1 Å². The molecule has 2 N–H and O–H groups in total. The molecule has 22 heavy (non-hydrogen) atoms. The Morgan fingerprint density at radius 2 is 2.09 bits per heavy atom. The third kappa shape index (κ3) is 3.92. The molecule has 0 unspecified atom stereocenters. The Labute approximate surface area is 130 Å². The van der Waals surface area contributed by atoms with Gasteiger partial charge >= 0.3 is 0 Å². The Hall–Kier alpha value is -2.21. The minimum atomic E-state index is -0.106. The van der Waals surface area contributed by atoms with Gasteiger partial charge in [-0.3, -0.25) is 4.79 Å². The minimum absolute atomic E-state index is 0.00256. The topological polar surface area (TPSA) is 77.0 Å². The van der Waals surface area contributed by atoms with Gasteiger partial charge in [0.2, 0.25) is 0 Å². The van der Waals surface area contributed by atoms with Crippen LogP contribution in [-0.2, 0) is 6.54 Å². The van der Waals surface area contributed by atoms with E-state index in [9.17, 15) is 4.79 Å². The average Bonchev–Trinajstić information content (AvgIpc) is 2.99. The Bertz CT molecular complexity index is 621. The van der Waals surface area contributed by atoms with E-state index in [1.165, 1.54) is 6.33 Å². The summed E-state index contributed by atoms with van der Waals surface area (Å²) >= 11 is 0. The standard InChI is InChI=1S/C16H23N5O/c1-16(2,9-17)10-20(3)15(22)14-7-5-4-6-13(14)8-21-12-18-11-19-21/h4-7,11-12H,8-10,17H2,1-3H3. The zero-order chi connectivity index (χ0) is 16.2. The number of aromatic nitrogens is 3. The van der Waals surface area contributed by atoms with Gasteiger partial charge in [0, 0.05) is 19.2 Å². The molecule has 0 aliphatic heterocycles. The molecule has 0 spiro atoms. The van der Waals surface area contributed by atoms with E-state index in [4.69, 9.17) is 5.73 Å². The van der Waals surface area contributed by atoms with E-state index in [1.54, 1.807) is 15.9 Å². The first kappa shape index (κ1) is 16.2. The molecule has 0 saturated carbocycles. The molecule has 6 nitrogen and oxygen atoms in total. The summed E-state index contributed by atoms with van der Waals surface area (Å²) in [4.78, 5) is 18.4. The third-order valence-corrected chi connectivity index (χ3v) is 3.61. The molecule has 6 heteroatoms. The summed E-state index contributed by atoms with van der Waals surface area (Å²) in [5.74, 6) is -0.00256. The molecule has 1 aromatic carbocycles. The van der Waals surface area contributed by atoms with Crippen molar-refractivity contribution in [3.63, 3.8) is 0 Å². The van der Waals surface area contributed by atoms with Gasteiger partial charge in [-0.1, -0.05) is 32.0 Å². The van der Waals surface area contributed by atoms with Crippen molar-refractivity contribution in [1.82, 2.24) is 19.7 Å². The largest absolute Gasteiger partial charge is 0.341 e. The molecule has 0 atom stereocenters. The highest BCUT2D eigenvalue weighted by atomic mass is 16.2. The molecule has 0 radical (unpaired) electrons. The van der Waals surface area contributed by atoms with Crippen LogP contribution in [0.15, 0.2) is 36.9 Å². The third-order valence-electron chi connectivity index (χ3n) is 3.61. The summed E-state index contributed by atoms with van der Waals surface area (Å²) in [5, 5.41) is 4.09. The fraction of sp³-hybridized carbons (Fsp3) is 0.438. The van der Waals surface area contributed by atoms with Crippen molar-refractivity contribution in [1.29, 1.82) is 0 Å². The van der Waals surface area contributed by atoms with E-state index in [-0.39, 0.29) is 11.3 Å². The molecule has 0 aliphatic carbocycles. The lowest BCUT2D eigenvalue weighted by atomic mass is 9.93. The number of hydrogen-bond donors (Lipinski definition) is 1. The smallest absolute Gasteiger partial charge is 0.253 e. The van der Waals surface area contributed by atoms with Crippen LogP contribution < -0.4 is 5.73 Å². The van der Waals surface area contributed by atoms with E-state index in [0.717, 1.165) is 5.56 Å². The molecular weight excluding hydrogens is 278 g/mol. The fourth-order valence-corrected chi connectivity index (χ4v) is 2.34. The van der Waals surface area contributed by atoms with Crippen LogP contribution in [0.1, 0.15) is 29.8 Å². The van der Waals surface area contributed by atoms with Crippen molar-refractivity contribution in [3.8, 4) is 0 Å². The summed E-state index contributed by atoms with van der Waals surface area (Å²) in [6.07, 6.45) is 3.13. The minimum Gasteiger partial charge on any atom is -0.341 e. The van der Waals surface area contributed by atoms with Gasteiger partial charge < -0.3 is 10.6 Å². The van der Waals surface area contributed by atoms with Gasteiger partial charge in [0.05, 0.1) is 6.54 Å². The van der Waals surface area contributed by atoms with Crippen LogP contribution in [0, 0.1) is 5.41 Å². The van der Waals surface area contributed by atoms with Crippen molar-refractivity contribution < 1.29 is 4.79 Å². The monoisotopic (exact) mass is 301 g/mol. The maximum Gasteiger partial charge on any atom is 0.253 e. The van der Waals surface area contributed by atoms with Gasteiger partial charge in [-0.2, -0.15) is 5.10 Å². The van der Waals surface area contributed by atoms with E-state index in [0.29, 0.717) is 25.2 Å². The fourth-order valence-electron chi connectivity index (χ4n) is 2.34. The van der Waals surface area contributed by atoms with Gasteiger partial charge in [-0.05, 0) is 23.6 Å². The molecule has 1 aromatic heterocycles. The zero-order valence-corrected chi connectivity index (χ0v) is 13.4. The molecule has 2 rings (SSSR count). The molecule has 0 aliphatic rings. The zero-order valence-electron chi connectivity index (χ0n) is 13.4. The Morgan fingerprint density at radius 3 is 2.73 bits per heavy atom. The summed E-state index contributed by atoms with van der Waals surface area (Å²) < 4.78 is 1.70. The number of nitrogens with zero attached hydrogens (tertiary/aromatic N) is 4. The predicted octanol–water partition coefficient (Wildman–Crippen LogP) is 1.38. The number of hydrogen-bond acceptors (Lipinski definition) is 4. The molecule has 0 bridgehead atoms. The van der Waals surface area contributed by atoms with Crippen LogP contribution in [0.3, 0.4) is 0 Å².